The molecule has 4 heteroatoms. The van der Waals surface area contributed by atoms with Crippen molar-refractivity contribution in [2.75, 3.05) is 5.32 Å². The SMILES string of the molecule is Cc1ccc(NC(=O)c2cccnc2-c2ccsc2)c(C)c1. The van der Waals surface area contributed by atoms with Gasteiger partial charge in [0.1, 0.15) is 0 Å². The van der Waals surface area contributed by atoms with Crippen molar-refractivity contribution < 1.29 is 4.79 Å². The van der Waals surface area contributed by atoms with E-state index in [1.54, 1.807) is 29.7 Å². The number of pyridine rings is 1. The summed E-state index contributed by atoms with van der Waals surface area (Å²) in [7, 11) is 0. The number of aromatic nitrogens is 1. The lowest BCUT2D eigenvalue weighted by Crippen LogP contribution is -2.14. The van der Waals surface area contributed by atoms with Crippen molar-refractivity contribution in [3.63, 3.8) is 0 Å². The fourth-order valence-corrected chi connectivity index (χ4v) is 3.00. The molecule has 110 valence electrons. The highest BCUT2D eigenvalue weighted by atomic mass is 32.1. The molecular formula is C18H16N2OS. The standard InChI is InChI=1S/C18H16N2OS/c1-12-5-6-16(13(2)10-12)20-18(21)15-4-3-8-19-17(15)14-7-9-22-11-14/h3-11H,1-2H3,(H,20,21). The average Bonchev–Trinajstić information content (AvgIpc) is 3.04. The molecular weight excluding hydrogens is 292 g/mol. The first-order valence-electron chi connectivity index (χ1n) is 7.01. The van der Waals surface area contributed by atoms with E-state index in [1.165, 1.54) is 5.56 Å². The van der Waals surface area contributed by atoms with Crippen molar-refractivity contribution >= 4 is 22.9 Å². The van der Waals surface area contributed by atoms with Gasteiger partial charge in [-0.3, -0.25) is 9.78 Å². The number of nitrogens with zero attached hydrogens (tertiary/aromatic N) is 1. The molecule has 0 aliphatic rings. The van der Waals surface area contributed by atoms with Gasteiger partial charge in [-0.15, -0.1) is 0 Å². The second-order valence-electron chi connectivity index (χ2n) is 5.18. The minimum atomic E-state index is -0.138. The van der Waals surface area contributed by atoms with E-state index in [4.69, 9.17) is 0 Å². The highest BCUT2D eigenvalue weighted by Crippen LogP contribution is 2.25. The second kappa shape index (κ2) is 6.12. The van der Waals surface area contributed by atoms with Crippen molar-refractivity contribution in [3.05, 3.63) is 70.0 Å². The number of carbonyl (C=O) groups is 1. The second-order valence-corrected chi connectivity index (χ2v) is 5.96. The van der Waals surface area contributed by atoms with Crippen LogP contribution in [0, 0.1) is 13.8 Å². The summed E-state index contributed by atoms with van der Waals surface area (Å²) >= 11 is 1.59. The molecule has 0 saturated carbocycles. The molecule has 0 aliphatic carbocycles. The van der Waals surface area contributed by atoms with E-state index in [0.29, 0.717) is 11.3 Å². The van der Waals surface area contributed by atoms with Crippen LogP contribution in [0.15, 0.2) is 53.4 Å². The van der Waals surface area contributed by atoms with Crippen molar-refractivity contribution in [1.29, 1.82) is 0 Å². The van der Waals surface area contributed by atoms with Crippen LogP contribution in [-0.2, 0) is 0 Å². The van der Waals surface area contributed by atoms with Crippen molar-refractivity contribution in [3.8, 4) is 11.3 Å². The number of carbonyl (C=O) groups excluding carboxylic acids is 1. The Morgan fingerprint density at radius 1 is 1.18 bits per heavy atom. The predicted molar refractivity (Wildman–Crippen MR) is 91.4 cm³/mol. The van der Waals surface area contributed by atoms with E-state index in [2.05, 4.69) is 16.4 Å². The van der Waals surface area contributed by atoms with E-state index >= 15 is 0 Å². The average molecular weight is 308 g/mol. The fraction of sp³-hybridized carbons (Fsp3) is 0.111. The molecule has 3 aromatic rings. The molecule has 0 radical (unpaired) electrons. The van der Waals surface area contributed by atoms with Gasteiger partial charge < -0.3 is 5.32 Å². The lowest BCUT2D eigenvalue weighted by atomic mass is 10.1. The van der Waals surface area contributed by atoms with Crippen LogP contribution in [0.4, 0.5) is 5.69 Å². The number of benzene rings is 1. The minimum absolute atomic E-state index is 0.138. The van der Waals surface area contributed by atoms with Crippen LogP contribution in [0.25, 0.3) is 11.3 Å². The Hall–Kier alpha value is -2.46. The van der Waals surface area contributed by atoms with Gasteiger partial charge in [-0.05, 0) is 49.1 Å². The summed E-state index contributed by atoms with van der Waals surface area (Å²) in [6.45, 7) is 4.03. The van der Waals surface area contributed by atoms with Gasteiger partial charge in [0.2, 0.25) is 0 Å². The highest BCUT2D eigenvalue weighted by molar-refractivity contribution is 7.08. The van der Waals surface area contributed by atoms with Gasteiger partial charge in [0.05, 0.1) is 11.3 Å². The summed E-state index contributed by atoms with van der Waals surface area (Å²) < 4.78 is 0. The summed E-state index contributed by atoms with van der Waals surface area (Å²) in [5.74, 6) is -0.138. The Kier molecular flexibility index (Phi) is 4.02. The van der Waals surface area contributed by atoms with E-state index in [1.807, 2.05) is 42.8 Å². The molecule has 0 fully saturated rings. The van der Waals surface area contributed by atoms with Crippen LogP contribution in [0.1, 0.15) is 21.5 Å². The third-order valence-corrected chi connectivity index (χ3v) is 4.16. The molecule has 0 atom stereocenters. The van der Waals surface area contributed by atoms with Crippen molar-refractivity contribution in [2.45, 2.75) is 13.8 Å². The molecule has 2 aromatic heterocycles. The molecule has 0 bridgehead atoms. The zero-order chi connectivity index (χ0) is 15.5. The fourth-order valence-electron chi connectivity index (χ4n) is 2.36. The zero-order valence-corrected chi connectivity index (χ0v) is 13.3. The van der Waals surface area contributed by atoms with Gasteiger partial charge in [-0.2, -0.15) is 11.3 Å². The lowest BCUT2D eigenvalue weighted by molar-refractivity contribution is 0.102. The highest BCUT2D eigenvalue weighted by Gasteiger charge is 2.15. The van der Waals surface area contributed by atoms with Gasteiger partial charge in [0.25, 0.3) is 5.91 Å². The van der Waals surface area contributed by atoms with E-state index in [0.717, 1.165) is 16.8 Å². The van der Waals surface area contributed by atoms with Crippen LogP contribution >= 0.6 is 11.3 Å². The Morgan fingerprint density at radius 2 is 2.05 bits per heavy atom. The summed E-state index contributed by atoms with van der Waals surface area (Å²) in [6.07, 6.45) is 1.71. The molecule has 0 unspecified atom stereocenters. The Balaban J connectivity index is 1.93. The molecule has 0 aliphatic heterocycles. The summed E-state index contributed by atoms with van der Waals surface area (Å²) in [4.78, 5) is 17.0. The summed E-state index contributed by atoms with van der Waals surface area (Å²) in [6, 6.07) is 11.5. The number of hydrogen-bond acceptors (Lipinski definition) is 3. The number of thiophene rings is 1. The number of anilines is 1. The number of hydrogen-bond donors (Lipinski definition) is 1. The van der Waals surface area contributed by atoms with Gasteiger partial charge in [0.15, 0.2) is 0 Å². The van der Waals surface area contributed by atoms with E-state index in [9.17, 15) is 4.79 Å². The van der Waals surface area contributed by atoms with Crippen LogP contribution in [-0.4, -0.2) is 10.9 Å². The van der Waals surface area contributed by atoms with Gasteiger partial charge >= 0.3 is 0 Å². The molecule has 0 spiro atoms. The molecule has 2 heterocycles. The number of amides is 1. The lowest BCUT2D eigenvalue weighted by Gasteiger charge is -2.11. The first-order valence-corrected chi connectivity index (χ1v) is 7.95. The van der Waals surface area contributed by atoms with Gasteiger partial charge in [-0.1, -0.05) is 17.7 Å². The largest absolute Gasteiger partial charge is 0.322 e. The maximum atomic E-state index is 12.6. The smallest absolute Gasteiger partial charge is 0.257 e. The summed E-state index contributed by atoms with van der Waals surface area (Å²) in [5.41, 5.74) is 5.32. The molecule has 1 aromatic carbocycles. The van der Waals surface area contributed by atoms with Gasteiger partial charge in [0, 0.05) is 22.8 Å². The number of aryl methyl sites for hydroxylation is 2. The minimum Gasteiger partial charge on any atom is -0.322 e. The summed E-state index contributed by atoms with van der Waals surface area (Å²) in [5, 5.41) is 6.96. The Bertz CT molecular complexity index is 810. The normalized spacial score (nSPS) is 10.5. The van der Waals surface area contributed by atoms with Crippen LogP contribution in [0.3, 0.4) is 0 Å². The van der Waals surface area contributed by atoms with Crippen LogP contribution in [0.2, 0.25) is 0 Å². The Morgan fingerprint density at radius 3 is 2.77 bits per heavy atom. The maximum absolute atomic E-state index is 12.6. The third kappa shape index (κ3) is 2.92. The molecule has 22 heavy (non-hydrogen) atoms. The third-order valence-electron chi connectivity index (χ3n) is 3.48. The molecule has 3 rings (SSSR count). The number of rotatable bonds is 3. The number of nitrogens with one attached hydrogen (secondary N) is 1. The topological polar surface area (TPSA) is 42.0 Å². The van der Waals surface area contributed by atoms with Crippen LogP contribution in [0.5, 0.6) is 0 Å². The Labute approximate surface area is 133 Å². The zero-order valence-electron chi connectivity index (χ0n) is 12.5. The molecule has 3 nitrogen and oxygen atoms in total. The molecule has 0 saturated heterocycles. The van der Waals surface area contributed by atoms with Crippen LogP contribution < -0.4 is 5.32 Å². The van der Waals surface area contributed by atoms with E-state index < -0.39 is 0 Å². The molecule has 1 amide bonds. The monoisotopic (exact) mass is 308 g/mol. The predicted octanol–water partition coefficient (Wildman–Crippen LogP) is 4.68. The van der Waals surface area contributed by atoms with Gasteiger partial charge in [-0.25, -0.2) is 0 Å². The van der Waals surface area contributed by atoms with E-state index in [-0.39, 0.29) is 5.91 Å². The maximum Gasteiger partial charge on any atom is 0.257 e. The first-order chi connectivity index (χ1) is 10.6. The van der Waals surface area contributed by atoms with Crippen molar-refractivity contribution in [1.82, 2.24) is 4.98 Å². The first kappa shape index (κ1) is 14.5. The quantitative estimate of drug-likeness (QED) is 0.763. The van der Waals surface area contributed by atoms with Crippen molar-refractivity contribution in [2.24, 2.45) is 0 Å². The molecule has 1 N–H and O–H groups in total.